The van der Waals surface area contributed by atoms with Crippen molar-refractivity contribution in [2.45, 2.75) is 77.9 Å². The molecule has 2 amide bonds. The summed E-state index contributed by atoms with van der Waals surface area (Å²) in [6, 6.07) is 9.99. The number of rotatable bonds is 4. The molecule has 4 rings (SSSR count). The Kier molecular flexibility index (Phi) is 6.14. The van der Waals surface area contributed by atoms with E-state index in [2.05, 4.69) is 45.1 Å². The highest BCUT2D eigenvalue weighted by atomic mass is 16.2. The van der Waals surface area contributed by atoms with Crippen molar-refractivity contribution < 1.29 is 9.59 Å². The van der Waals surface area contributed by atoms with Gasteiger partial charge in [-0.3, -0.25) is 9.59 Å². The summed E-state index contributed by atoms with van der Waals surface area (Å²) in [5, 5.41) is 3.58. The number of benzene rings is 1. The molecule has 0 radical (unpaired) electrons. The van der Waals surface area contributed by atoms with Crippen molar-refractivity contribution in [3.63, 3.8) is 0 Å². The van der Waals surface area contributed by atoms with Crippen LogP contribution in [0.25, 0.3) is 0 Å². The van der Waals surface area contributed by atoms with Gasteiger partial charge in [0.2, 0.25) is 5.91 Å². The van der Waals surface area contributed by atoms with Gasteiger partial charge < -0.3 is 15.1 Å². The fourth-order valence-corrected chi connectivity index (χ4v) is 5.71. The van der Waals surface area contributed by atoms with Gasteiger partial charge in [-0.25, -0.2) is 0 Å². The smallest absolute Gasteiger partial charge is 0.254 e. The lowest BCUT2D eigenvalue weighted by atomic mass is 9.86. The zero-order valence-corrected chi connectivity index (χ0v) is 19.5. The van der Waals surface area contributed by atoms with Crippen LogP contribution in [0.2, 0.25) is 0 Å². The standard InChI is InChI=1S/C26H37N3O2/c1-18(2)22-21-23(27-15-16-28(22)24(30)20-13-9-6-10-14-20)26(3,4)29(25(21)31)17-19-11-7-5-8-12-19/h5,7-8,11-12,18,20,22,27H,6,9-10,13-17H2,1-4H3. The Morgan fingerprint density at radius 2 is 1.81 bits per heavy atom. The third-order valence-corrected chi connectivity index (χ3v) is 7.37. The van der Waals surface area contributed by atoms with Gasteiger partial charge in [-0.2, -0.15) is 0 Å². The van der Waals surface area contributed by atoms with E-state index in [4.69, 9.17) is 0 Å². The Balaban J connectivity index is 1.68. The quantitative estimate of drug-likeness (QED) is 0.793. The number of nitrogens with zero attached hydrogens (tertiary/aromatic N) is 2. The minimum atomic E-state index is -0.431. The zero-order chi connectivity index (χ0) is 22.2. The molecular weight excluding hydrogens is 386 g/mol. The zero-order valence-electron chi connectivity index (χ0n) is 19.5. The van der Waals surface area contributed by atoms with E-state index in [0.29, 0.717) is 19.6 Å². The summed E-state index contributed by atoms with van der Waals surface area (Å²) in [4.78, 5) is 31.5. The fourth-order valence-electron chi connectivity index (χ4n) is 5.71. The molecule has 5 heteroatoms. The summed E-state index contributed by atoms with van der Waals surface area (Å²) in [5.74, 6) is 0.607. The lowest BCUT2D eigenvalue weighted by Gasteiger charge is -2.38. The molecule has 1 aliphatic carbocycles. The van der Waals surface area contributed by atoms with Gasteiger partial charge in [0.15, 0.2) is 0 Å². The minimum absolute atomic E-state index is 0.0680. The van der Waals surface area contributed by atoms with Crippen molar-refractivity contribution in [3.05, 3.63) is 47.2 Å². The van der Waals surface area contributed by atoms with Gasteiger partial charge in [0.25, 0.3) is 5.91 Å². The molecule has 1 saturated carbocycles. The first-order chi connectivity index (χ1) is 14.8. The topological polar surface area (TPSA) is 52.7 Å². The van der Waals surface area contributed by atoms with E-state index in [1.165, 1.54) is 6.42 Å². The molecule has 0 bridgehead atoms. The van der Waals surface area contributed by atoms with Gasteiger partial charge >= 0.3 is 0 Å². The molecule has 168 valence electrons. The summed E-state index contributed by atoms with van der Waals surface area (Å²) in [5.41, 5.74) is 2.50. The van der Waals surface area contributed by atoms with Gasteiger partial charge in [-0.15, -0.1) is 0 Å². The molecule has 1 fully saturated rings. The molecule has 1 aromatic rings. The molecule has 0 saturated heterocycles. The van der Waals surface area contributed by atoms with Crippen molar-refractivity contribution in [2.75, 3.05) is 13.1 Å². The molecule has 2 heterocycles. The van der Waals surface area contributed by atoms with Crippen molar-refractivity contribution in [1.29, 1.82) is 0 Å². The van der Waals surface area contributed by atoms with Gasteiger partial charge in [-0.1, -0.05) is 63.4 Å². The van der Waals surface area contributed by atoms with Gasteiger partial charge in [0, 0.05) is 31.2 Å². The van der Waals surface area contributed by atoms with Crippen LogP contribution in [-0.4, -0.2) is 46.3 Å². The second-order valence-electron chi connectivity index (χ2n) is 10.2. The molecule has 5 nitrogen and oxygen atoms in total. The molecule has 0 spiro atoms. The lowest BCUT2D eigenvalue weighted by Crippen LogP contribution is -2.51. The van der Waals surface area contributed by atoms with Crippen molar-refractivity contribution in [3.8, 4) is 0 Å². The maximum atomic E-state index is 13.9. The maximum Gasteiger partial charge on any atom is 0.254 e. The van der Waals surface area contributed by atoms with Crippen LogP contribution in [-0.2, 0) is 16.1 Å². The highest BCUT2D eigenvalue weighted by Crippen LogP contribution is 2.41. The second kappa shape index (κ2) is 8.68. The third kappa shape index (κ3) is 3.99. The molecule has 1 aromatic carbocycles. The summed E-state index contributed by atoms with van der Waals surface area (Å²) in [7, 11) is 0. The van der Waals surface area contributed by atoms with E-state index in [9.17, 15) is 9.59 Å². The number of carbonyl (C=O) groups excluding carboxylic acids is 2. The Hall–Kier alpha value is -2.30. The molecule has 1 N–H and O–H groups in total. The van der Waals surface area contributed by atoms with E-state index >= 15 is 0 Å². The van der Waals surface area contributed by atoms with Crippen LogP contribution in [0.3, 0.4) is 0 Å². The van der Waals surface area contributed by atoms with Gasteiger partial charge in [0.1, 0.15) is 0 Å². The minimum Gasteiger partial charge on any atom is -0.384 e. The van der Waals surface area contributed by atoms with Crippen LogP contribution >= 0.6 is 0 Å². The molecule has 0 aromatic heterocycles. The molecule has 3 aliphatic rings. The van der Waals surface area contributed by atoms with Crippen LogP contribution in [0, 0.1) is 11.8 Å². The van der Waals surface area contributed by atoms with E-state index in [-0.39, 0.29) is 29.7 Å². The Labute approximate surface area is 186 Å². The first-order valence-corrected chi connectivity index (χ1v) is 12.0. The van der Waals surface area contributed by atoms with Crippen molar-refractivity contribution in [2.24, 2.45) is 11.8 Å². The molecular formula is C26H37N3O2. The average molecular weight is 424 g/mol. The Morgan fingerprint density at radius 3 is 2.45 bits per heavy atom. The first kappa shape index (κ1) is 21.9. The van der Waals surface area contributed by atoms with E-state index in [1.54, 1.807) is 0 Å². The molecule has 1 atom stereocenters. The summed E-state index contributed by atoms with van der Waals surface area (Å²) in [6.07, 6.45) is 5.48. The highest BCUT2D eigenvalue weighted by molar-refractivity contribution is 6.00. The normalized spacial score (nSPS) is 24.3. The SMILES string of the molecule is CC(C)C1C2=C(NCCN1C(=O)C1CCCCC1)C(C)(C)N(Cc1ccccc1)C2=O. The number of nitrogens with one attached hydrogen (secondary N) is 1. The highest BCUT2D eigenvalue weighted by Gasteiger charge is 2.51. The van der Waals surface area contributed by atoms with E-state index in [1.807, 2.05) is 28.0 Å². The first-order valence-electron chi connectivity index (χ1n) is 12.0. The number of carbonyl (C=O) groups is 2. The van der Waals surface area contributed by atoms with Crippen molar-refractivity contribution in [1.82, 2.24) is 15.1 Å². The molecule has 31 heavy (non-hydrogen) atoms. The largest absolute Gasteiger partial charge is 0.384 e. The van der Waals surface area contributed by atoms with Crippen LogP contribution in [0.1, 0.15) is 65.4 Å². The van der Waals surface area contributed by atoms with Crippen LogP contribution in [0.15, 0.2) is 41.6 Å². The van der Waals surface area contributed by atoms with Crippen LogP contribution in [0.4, 0.5) is 0 Å². The predicted molar refractivity (Wildman–Crippen MR) is 123 cm³/mol. The van der Waals surface area contributed by atoms with Gasteiger partial charge in [0.05, 0.1) is 17.2 Å². The number of hydrogen-bond donors (Lipinski definition) is 1. The van der Waals surface area contributed by atoms with Gasteiger partial charge in [-0.05, 0) is 38.2 Å². The summed E-state index contributed by atoms with van der Waals surface area (Å²) < 4.78 is 0. The van der Waals surface area contributed by atoms with Crippen molar-refractivity contribution >= 4 is 11.8 Å². The summed E-state index contributed by atoms with van der Waals surface area (Å²) >= 11 is 0. The monoisotopic (exact) mass is 423 g/mol. The maximum absolute atomic E-state index is 13.9. The Bertz CT molecular complexity index is 853. The van der Waals surface area contributed by atoms with Crippen LogP contribution < -0.4 is 5.32 Å². The van der Waals surface area contributed by atoms with E-state index < -0.39 is 5.54 Å². The molecule has 2 aliphatic heterocycles. The fraction of sp³-hybridized carbons (Fsp3) is 0.615. The lowest BCUT2D eigenvalue weighted by molar-refractivity contribution is -0.139. The van der Waals surface area contributed by atoms with E-state index in [0.717, 1.165) is 42.5 Å². The predicted octanol–water partition coefficient (Wildman–Crippen LogP) is 4.10. The average Bonchev–Trinajstić information content (AvgIpc) is 2.92. The van der Waals surface area contributed by atoms with Crippen LogP contribution in [0.5, 0.6) is 0 Å². The molecule has 1 unspecified atom stereocenters. The second-order valence-corrected chi connectivity index (χ2v) is 10.2. The number of amides is 2. The summed E-state index contributed by atoms with van der Waals surface area (Å²) in [6.45, 7) is 10.5. The Morgan fingerprint density at radius 1 is 1.13 bits per heavy atom. The number of hydrogen-bond acceptors (Lipinski definition) is 3. The third-order valence-electron chi connectivity index (χ3n) is 7.37.